The fourth-order valence-electron chi connectivity index (χ4n) is 3.90. The molecule has 0 bridgehead atoms. The maximum Gasteiger partial charge on any atom is 0.234 e. The molecular formula is C19H36IN5O. The molecule has 3 fully saturated rings. The first kappa shape index (κ1) is 21.7. The number of guanidine groups is 1. The van der Waals surface area contributed by atoms with Crippen molar-refractivity contribution in [2.75, 3.05) is 45.8 Å². The number of hydrogen-bond donors (Lipinski definition) is 2. The van der Waals surface area contributed by atoms with E-state index < -0.39 is 0 Å². The number of aliphatic imine (C=N–C) groups is 1. The van der Waals surface area contributed by atoms with Gasteiger partial charge < -0.3 is 15.5 Å². The maximum absolute atomic E-state index is 12.0. The highest BCUT2D eigenvalue weighted by atomic mass is 127. The highest BCUT2D eigenvalue weighted by Crippen LogP contribution is 2.37. The van der Waals surface area contributed by atoms with Crippen molar-refractivity contribution in [2.45, 2.75) is 58.4 Å². The molecule has 1 amide bonds. The predicted molar refractivity (Wildman–Crippen MR) is 117 cm³/mol. The van der Waals surface area contributed by atoms with E-state index in [1.807, 2.05) is 0 Å². The summed E-state index contributed by atoms with van der Waals surface area (Å²) in [5.41, 5.74) is 0.392. The smallest absolute Gasteiger partial charge is 0.234 e. The molecule has 1 aliphatic heterocycles. The van der Waals surface area contributed by atoms with E-state index in [-0.39, 0.29) is 29.9 Å². The largest absolute Gasteiger partial charge is 0.357 e. The number of nitrogens with zero attached hydrogens (tertiary/aromatic N) is 3. The van der Waals surface area contributed by atoms with Gasteiger partial charge in [-0.2, -0.15) is 0 Å². The predicted octanol–water partition coefficient (Wildman–Crippen LogP) is 2.05. The topological polar surface area (TPSA) is 60.0 Å². The summed E-state index contributed by atoms with van der Waals surface area (Å²) in [5, 5.41) is 6.54. The molecule has 0 aromatic carbocycles. The first-order valence-electron chi connectivity index (χ1n) is 10.1. The van der Waals surface area contributed by atoms with Crippen LogP contribution in [-0.2, 0) is 4.79 Å². The first-order valence-corrected chi connectivity index (χ1v) is 10.1. The van der Waals surface area contributed by atoms with E-state index in [2.05, 4.69) is 34.3 Å². The molecule has 0 unspecified atom stereocenters. The van der Waals surface area contributed by atoms with Gasteiger partial charge in [0.15, 0.2) is 5.96 Å². The third-order valence-electron chi connectivity index (χ3n) is 5.74. The number of piperazine rings is 1. The van der Waals surface area contributed by atoms with Gasteiger partial charge >= 0.3 is 0 Å². The van der Waals surface area contributed by atoms with Gasteiger partial charge in [-0.25, -0.2) is 0 Å². The van der Waals surface area contributed by atoms with Gasteiger partial charge in [-0.05, 0) is 38.0 Å². The average Bonchev–Trinajstić information content (AvgIpc) is 3.30. The minimum Gasteiger partial charge on any atom is -0.357 e. The summed E-state index contributed by atoms with van der Waals surface area (Å²) in [6.07, 6.45) is 7.62. The molecule has 26 heavy (non-hydrogen) atoms. The fourth-order valence-corrected chi connectivity index (χ4v) is 3.90. The van der Waals surface area contributed by atoms with Gasteiger partial charge in [0.2, 0.25) is 5.91 Å². The van der Waals surface area contributed by atoms with Crippen LogP contribution in [0.25, 0.3) is 0 Å². The van der Waals surface area contributed by atoms with Crippen LogP contribution in [0.4, 0.5) is 0 Å². The van der Waals surface area contributed by atoms with Crippen LogP contribution >= 0.6 is 24.0 Å². The Morgan fingerprint density at radius 2 is 1.81 bits per heavy atom. The summed E-state index contributed by atoms with van der Waals surface area (Å²) < 4.78 is 0. The Hall–Kier alpha value is -0.570. The lowest BCUT2D eigenvalue weighted by atomic mass is 9.89. The molecule has 1 heterocycles. The molecule has 0 atom stereocenters. The average molecular weight is 477 g/mol. The molecule has 6 nitrogen and oxygen atoms in total. The third-order valence-corrected chi connectivity index (χ3v) is 5.74. The number of amides is 1. The molecule has 2 aliphatic carbocycles. The van der Waals surface area contributed by atoms with Crippen molar-refractivity contribution >= 4 is 35.8 Å². The van der Waals surface area contributed by atoms with Crippen molar-refractivity contribution < 1.29 is 4.79 Å². The van der Waals surface area contributed by atoms with Gasteiger partial charge in [0.1, 0.15) is 0 Å². The zero-order valence-electron chi connectivity index (χ0n) is 16.4. The van der Waals surface area contributed by atoms with E-state index in [1.54, 1.807) is 0 Å². The van der Waals surface area contributed by atoms with Crippen LogP contribution in [0.2, 0.25) is 0 Å². The van der Waals surface area contributed by atoms with Gasteiger partial charge in [-0.1, -0.05) is 19.8 Å². The van der Waals surface area contributed by atoms with Gasteiger partial charge in [0, 0.05) is 45.3 Å². The Balaban J connectivity index is 0.00000243. The molecule has 0 aromatic heterocycles. The molecule has 2 N–H and O–H groups in total. The summed E-state index contributed by atoms with van der Waals surface area (Å²) in [5.74, 6) is 1.24. The van der Waals surface area contributed by atoms with Crippen LogP contribution in [0.1, 0.15) is 52.4 Å². The number of carbonyl (C=O) groups excluding carboxylic acids is 1. The zero-order valence-corrected chi connectivity index (χ0v) is 18.8. The van der Waals surface area contributed by atoms with Crippen LogP contribution in [0, 0.1) is 5.41 Å². The summed E-state index contributed by atoms with van der Waals surface area (Å²) in [6.45, 7) is 10.6. The highest BCUT2D eigenvalue weighted by molar-refractivity contribution is 14.0. The van der Waals surface area contributed by atoms with Crippen LogP contribution in [0.15, 0.2) is 4.99 Å². The third kappa shape index (κ3) is 6.55. The van der Waals surface area contributed by atoms with Crippen molar-refractivity contribution in [3.63, 3.8) is 0 Å². The summed E-state index contributed by atoms with van der Waals surface area (Å²) in [7, 11) is 0. The van der Waals surface area contributed by atoms with Gasteiger partial charge in [-0.15, -0.1) is 24.0 Å². The van der Waals surface area contributed by atoms with Crippen molar-refractivity contribution in [1.29, 1.82) is 0 Å². The number of hydrogen-bond acceptors (Lipinski definition) is 3. The molecule has 2 saturated carbocycles. The van der Waals surface area contributed by atoms with E-state index in [1.165, 1.54) is 25.7 Å². The Kier molecular flexibility index (Phi) is 8.44. The van der Waals surface area contributed by atoms with Crippen molar-refractivity contribution in [3.05, 3.63) is 0 Å². The zero-order chi connectivity index (χ0) is 17.7. The van der Waals surface area contributed by atoms with E-state index in [9.17, 15) is 4.79 Å². The first-order chi connectivity index (χ1) is 12.1. The van der Waals surface area contributed by atoms with Crippen molar-refractivity contribution in [2.24, 2.45) is 10.4 Å². The standard InChI is InChI=1S/C19H35N5O.HI/c1-3-20-18(21-15-19(2)8-4-5-9-19)24-12-10-23(11-13-24)14-17(25)22-16-6-7-16;/h16H,3-15H2,1-2H3,(H,20,21)(H,22,25);1H. The summed E-state index contributed by atoms with van der Waals surface area (Å²) in [4.78, 5) is 21.5. The van der Waals surface area contributed by atoms with Gasteiger partial charge in [0.25, 0.3) is 0 Å². The van der Waals surface area contributed by atoms with Gasteiger partial charge in [0.05, 0.1) is 6.54 Å². The van der Waals surface area contributed by atoms with E-state index in [4.69, 9.17) is 4.99 Å². The molecule has 0 radical (unpaired) electrons. The second-order valence-corrected chi connectivity index (χ2v) is 8.29. The SMILES string of the molecule is CCNC(=NCC1(C)CCCC1)N1CCN(CC(=O)NC2CC2)CC1.I. The Morgan fingerprint density at radius 1 is 1.15 bits per heavy atom. The highest BCUT2D eigenvalue weighted by Gasteiger charge is 2.29. The van der Waals surface area contributed by atoms with Crippen LogP contribution in [0.5, 0.6) is 0 Å². The number of rotatable bonds is 6. The lowest BCUT2D eigenvalue weighted by molar-refractivity contribution is -0.122. The molecule has 0 spiro atoms. The Bertz CT molecular complexity index is 480. The molecular weight excluding hydrogens is 441 g/mol. The molecule has 3 aliphatic rings. The summed E-state index contributed by atoms with van der Waals surface area (Å²) in [6, 6.07) is 0.457. The van der Waals surface area contributed by atoms with Gasteiger partial charge in [-0.3, -0.25) is 14.7 Å². The van der Waals surface area contributed by atoms with E-state index in [0.29, 0.717) is 18.0 Å². The molecule has 150 valence electrons. The molecule has 1 saturated heterocycles. The Morgan fingerprint density at radius 3 is 2.38 bits per heavy atom. The number of halogens is 1. The van der Waals surface area contributed by atoms with Crippen LogP contribution in [0.3, 0.4) is 0 Å². The summed E-state index contributed by atoms with van der Waals surface area (Å²) >= 11 is 0. The Labute approximate surface area is 175 Å². The van der Waals surface area contributed by atoms with Crippen molar-refractivity contribution in [1.82, 2.24) is 20.4 Å². The minimum absolute atomic E-state index is 0. The second kappa shape index (κ2) is 10.1. The number of nitrogens with one attached hydrogen (secondary N) is 2. The fraction of sp³-hybridized carbons (Fsp3) is 0.895. The number of carbonyl (C=O) groups is 1. The maximum atomic E-state index is 12.0. The van der Waals surface area contributed by atoms with E-state index >= 15 is 0 Å². The lowest BCUT2D eigenvalue weighted by Gasteiger charge is -2.36. The second-order valence-electron chi connectivity index (χ2n) is 8.29. The van der Waals surface area contributed by atoms with Crippen LogP contribution in [-0.4, -0.2) is 73.5 Å². The van der Waals surface area contributed by atoms with E-state index in [0.717, 1.165) is 58.1 Å². The normalized spacial score (nSPS) is 23.5. The molecule has 0 aromatic rings. The minimum atomic E-state index is 0. The van der Waals surface area contributed by atoms with Crippen LogP contribution < -0.4 is 10.6 Å². The van der Waals surface area contributed by atoms with Crippen molar-refractivity contribution in [3.8, 4) is 0 Å². The lowest BCUT2D eigenvalue weighted by Crippen LogP contribution is -2.54. The molecule has 7 heteroatoms. The monoisotopic (exact) mass is 477 g/mol. The molecule has 3 rings (SSSR count). The quantitative estimate of drug-likeness (QED) is 0.349.